The molecule has 0 saturated carbocycles. The summed E-state index contributed by atoms with van der Waals surface area (Å²) in [5, 5.41) is 4.36. The molecule has 1 N–H and O–H groups in total. The van der Waals surface area contributed by atoms with Gasteiger partial charge in [-0.2, -0.15) is 5.10 Å². The number of nitrogens with one attached hydrogen (secondary N) is 1. The van der Waals surface area contributed by atoms with Crippen molar-refractivity contribution in [1.29, 1.82) is 0 Å². The summed E-state index contributed by atoms with van der Waals surface area (Å²) in [5.41, 5.74) is 7.43. The van der Waals surface area contributed by atoms with E-state index in [4.69, 9.17) is 0 Å². The van der Waals surface area contributed by atoms with Crippen LogP contribution in [-0.2, 0) is 0 Å². The first-order valence-corrected chi connectivity index (χ1v) is 8.85. The second-order valence-electron chi connectivity index (χ2n) is 6.06. The van der Waals surface area contributed by atoms with Gasteiger partial charge in [-0.1, -0.05) is 86.1 Å². The van der Waals surface area contributed by atoms with Gasteiger partial charge in [-0.3, -0.25) is 4.79 Å². The molecule has 1 amide bonds. The first kappa shape index (κ1) is 17.6. The van der Waals surface area contributed by atoms with E-state index in [1.807, 2.05) is 72.8 Å². The molecule has 0 heterocycles. The molecular formula is C23H22N2O. The van der Waals surface area contributed by atoms with E-state index in [0.29, 0.717) is 5.56 Å². The minimum absolute atomic E-state index is 0.200. The van der Waals surface area contributed by atoms with E-state index in [1.165, 1.54) is 0 Å². The quantitative estimate of drug-likeness (QED) is 0.480. The average molecular weight is 342 g/mol. The molecule has 26 heavy (non-hydrogen) atoms. The van der Waals surface area contributed by atoms with Crippen LogP contribution in [0.5, 0.6) is 0 Å². The number of carbonyl (C=O) groups is 1. The van der Waals surface area contributed by atoms with Crippen LogP contribution in [0.1, 0.15) is 35.7 Å². The zero-order valence-corrected chi connectivity index (χ0v) is 14.9. The van der Waals surface area contributed by atoms with Crippen molar-refractivity contribution in [2.24, 2.45) is 5.10 Å². The summed E-state index contributed by atoms with van der Waals surface area (Å²) in [4.78, 5) is 12.4. The van der Waals surface area contributed by atoms with Crippen molar-refractivity contribution in [1.82, 2.24) is 5.43 Å². The second-order valence-corrected chi connectivity index (χ2v) is 6.06. The van der Waals surface area contributed by atoms with Gasteiger partial charge in [0.1, 0.15) is 0 Å². The number of benzene rings is 3. The third-order valence-corrected chi connectivity index (χ3v) is 4.14. The van der Waals surface area contributed by atoms with Gasteiger partial charge in [0.25, 0.3) is 5.91 Å². The zero-order chi connectivity index (χ0) is 18.2. The minimum atomic E-state index is -0.200. The van der Waals surface area contributed by atoms with Crippen molar-refractivity contribution in [3.8, 4) is 11.1 Å². The van der Waals surface area contributed by atoms with Gasteiger partial charge in [-0.25, -0.2) is 5.43 Å². The van der Waals surface area contributed by atoms with Crippen LogP contribution in [0.4, 0.5) is 0 Å². The Balaban J connectivity index is 1.73. The predicted octanol–water partition coefficient (Wildman–Crippen LogP) is 5.29. The van der Waals surface area contributed by atoms with Crippen molar-refractivity contribution in [3.05, 3.63) is 96.1 Å². The molecule has 3 nitrogen and oxygen atoms in total. The van der Waals surface area contributed by atoms with Crippen molar-refractivity contribution < 1.29 is 4.79 Å². The number of carbonyl (C=O) groups excluding carboxylic acids is 1. The maximum absolute atomic E-state index is 12.4. The second kappa shape index (κ2) is 8.77. The highest BCUT2D eigenvalue weighted by molar-refractivity contribution is 6.02. The topological polar surface area (TPSA) is 41.5 Å². The normalized spacial score (nSPS) is 11.2. The Morgan fingerprint density at radius 3 is 1.96 bits per heavy atom. The largest absolute Gasteiger partial charge is 0.271 e. The number of hydrogen-bond donors (Lipinski definition) is 1. The van der Waals surface area contributed by atoms with E-state index in [0.717, 1.165) is 35.2 Å². The SMILES string of the molecule is CCCC(=NNC(=O)c1ccc(-c2ccccc2)cc1)c1ccccc1. The van der Waals surface area contributed by atoms with Gasteiger partial charge >= 0.3 is 0 Å². The van der Waals surface area contributed by atoms with Crippen LogP contribution in [0, 0.1) is 0 Å². The lowest BCUT2D eigenvalue weighted by Crippen LogP contribution is -2.20. The Hall–Kier alpha value is -3.20. The molecule has 0 aliphatic rings. The van der Waals surface area contributed by atoms with Crippen LogP contribution in [0.3, 0.4) is 0 Å². The molecule has 0 aromatic heterocycles. The van der Waals surface area contributed by atoms with E-state index in [9.17, 15) is 4.79 Å². The van der Waals surface area contributed by atoms with E-state index < -0.39 is 0 Å². The Bertz CT molecular complexity index is 869. The van der Waals surface area contributed by atoms with Crippen LogP contribution in [0.2, 0.25) is 0 Å². The Morgan fingerprint density at radius 2 is 1.35 bits per heavy atom. The summed E-state index contributed by atoms with van der Waals surface area (Å²) in [5.74, 6) is -0.200. The number of rotatable bonds is 6. The summed E-state index contributed by atoms with van der Waals surface area (Å²) >= 11 is 0. The Kier molecular flexibility index (Phi) is 5.94. The highest BCUT2D eigenvalue weighted by Gasteiger charge is 2.07. The van der Waals surface area contributed by atoms with E-state index in [1.54, 1.807) is 0 Å². The molecule has 0 fully saturated rings. The Morgan fingerprint density at radius 1 is 0.769 bits per heavy atom. The van der Waals surface area contributed by atoms with Gasteiger partial charge in [0.05, 0.1) is 5.71 Å². The van der Waals surface area contributed by atoms with Crippen LogP contribution >= 0.6 is 0 Å². The summed E-state index contributed by atoms with van der Waals surface area (Å²) in [7, 11) is 0. The summed E-state index contributed by atoms with van der Waals surface area (Å²) < 4.78 is 0. The van der Waals surface area contributed by atoms with E-state index in [2.05, 4.69) is 29.6 Å². The first-order valence-electron chi connectivity index (χ1n) is 8.85. The monoisotopic (exact) mass is 342 g/mol. The first-order chi connectivity index (χ1) is 12.8. The number of hydrazone groups is 1. The van der Waals surface area contributed by atoms with Crippen LogP contribution in [-0.4, -0.2) is 11.6 Å². The fourth-order valence-electron chi connectivity index (χ4n) is 2.76. The highest BCUT2D eigenvalue weighted by atomic mass is 16.2. The molecular weight excluding hydrogens is 320 g/mol. The van der Waals surface area contributed by atoms with Gasteiger partial charge in [-0.05, 0) is 35.2 Å². The van der Waals surface area contributed by atoms with Gasteiger partial charge in [0, 0.05) is 5.56 Å². The molecule has 3 heteroatoms. The molecule has 0 aliphatic heterocycles. The zero-order valence-electron chi connectivity index (χ0n) is 14.9. The summed E-state index contributed by atoms with van der Waals surface area (Å²) in [6.45, 7) is 2.10. The number of amides is 1. The lowest BCUT2D eigenvalue weighted by molar-refractivity contribution is 0.0955. The summed E-state index contributed by atoms with van der Waals surface area (Å²) in [6, 6.07) is 27.6. The van der Waals surface area contributed by atoms with Crippen LogP contribution < -0.4 is 5.43 Å². The maximum Gasteiger partial charge on any atom is 0.271 e. The molecule has 0 aliphatic carbocycles. The standard InChI is InChI=1S/C23H22N2O/c1-2-9-22(20-12-7-4-8-13-20)24-25-23(26)21-16-14-19(15-17-21)18-10-5-3-6-11-18/h3-8,10-17H,2,9H2,1H3,(H,25,26). The van der Waals surface area contributed by atoms with Crippen molar-refractivity contribution in [2.75, 3.05) is 0 Å². The van der Waals surface area contributed by atoms with Crippen molar-refractivity contribution >= 4 is 11.6 Å². The molecule has 0 spiro atoms. The van der Waals surface area contributed by atoms with Gasteiger partial charge < -0.3 is 0 Å². The predicted molar refractivity (Wildman–Crippen MR) is 107 cm³/mol. The van der Waals surface area contributed by atoms with Crippen LogP contribution in [0.25, 0.3) is 11.1 Å². The number of hydrogen-bond acceptors (Lipinski definition) is 2. The maximum atomic E-state index is 12.4. The Labute approximate surface area is 154 Å². The van der Waals surface area contributed by atoms with E-state index in [-0.39, 0.29) is 5.91 Å². The van der Waals surface area contributed by atoms with Gasteiger partial charge in [0.15, 0.2) is 0 Å². The molecule has 3 aromatic rings. The lowest BCUT2D eigenvalue weighted by atomic mass is 10.0. The van der Waals surface area contributed by atoms with Crippen LogP contribution in [0.15, 0.2) is 90.0 Å². The fourth-order valence-corrected chi connectivity index (χ4v) is 2.76. The molecule has 0 saturated heterocycles. The summed E-state index contributed by atoms with van der Waals surface area (Å²) in [6.07, 6.45) is 1.78. The molecule has 3 rings (SSSR count). The third kappa shape index (κ3) is 4.45. The molecule has 130 valence electrons. The smallest absolute Gasteiger partial charge is 0.267 e. The lowest BCUT2D eigenvalue weighted by Gasteiger charge is -2.07. The molecule has 0 atom stereocenters. The van der Waals surface area contributed by atoms with Gasteiger partial charge in [-0.15, -0.1) is 0 Å². The van der Waals surface area contributed by atoms with Crippen molar-refractivity contribution in [3.63, 3.8) is 0 Å². The van der Waals surface area contributed by atoms with E-state index >= 15 is 0 Å². The fraction of sp³-hybridized carbons (Fsp3) is 0.130. The average Bonchev–Trinajstić information content (AvgIpc) is 2.72. The number of nitrogens with zero attached hydrogens (tertiary/aromatic N) is 1. The molecule has 3 aromatic carbocycles. The van der Waals surface area contributed by atoms with Crippen molar-refractivity contribution in [2.45, 2.75) is 19.8 Å². The van der Waals surface area contributed by atoms with Gasteiger partial charge in [0.2, 0.25) is 0 Å². The molecule has 0 unspecified atom stereocenters. The highest BCUT2D eigenvalue weighted by Crippen LogP contribution is 2.19. The minimum Gasteiger partial charge on any atom is -0.267 e. The molecule has 0 radical (unpaired) electrons. The molecule has 0 bridgehead atoms. The third-order valence-electron chi connectivity index (χ3n) is 4.14.